The molecular weight excluding hydrogens is 359 g/mol. The van der Waals surface area contributed by atoms with Crippen LogP contribution < -0.4 is 15.4 Å². The van der Waals surface area contributed by atoms with Gasteiger partial charge in [-0.3, -0.25) is 9.59 Å². The minimum atomic E-state index is -0.683. The van der Waals surface area contributed by atoms with Crippen LogP contribution in [0, 0.1) is 18.7 Å². The molecule has 5 nitrogen and oxygen atoms in total. The summed E-state index contributed by atoms with van der Waals surface area (Å²) in [5.41, 5.74) is 2.44. The van der Waals surface area contributed by atoms with Crippen LogP contribution in [0.3, 0.4) is 0 Å². The summed E-state index contributed by atoms with van der Waals surface area (Å²) in [6, 6.07) is 10.4. The second kappa shape index (κ2) is 9.88. The molecule has 0 fully saturated rings. The molecule has 0 bridgehead atoms. The highest BCUT2D eigenvalue weighted by molar-refractivity contribution is 5.97. The number of rotatable bonds is 8. The van der Waals surface area contributed by atoms with Crippen LogP contribution in [0.2, 0.25) is 0 Å². The summed E-state index contributed by atoms with van der Waals surface area (Å²) in [5.74, 6) is -0.393. The van der Waals surface area contributed by atoms with E-state index in [-0.39, 0.29) is 11.8 Å². The summed E-state index contributed by atoms with van der Waals surface area (Å²) in [6.45, 7) is 6.15. The Labute approximate surface area is 165 Å². The lowest BCUT2D eigenvalue weighted by molar-refractivity contribution is -0.123. The predicted molar refractivity (Wildman–Crippen MR) is 107 cm³/mol. The Bertz CT molecular complexity index is 819. The zero-order chi connectivity index (χ0) is 20.7. The van der Waals surface area contributed by atoms with Gasteiger partial charge in [-0.25, -0.2) is 4.39 Å². The molecule has 0 saturated heterocycles. The molecule has 2 aromatic rings. The normalized spacial score (nSPS) is 11.8. The highest BCUT2D eigenvalue weighted by atomic mass is 19.1. The number of aryl methyl sites for hydroxylation is 1. The second-order valence-electron chi connectivity index (χ2n) is 7.06. The average molecular weight is 386 g/mol. The molecule has 0 aliphatic carbocycles. The Morgan fingerprint density at radius 3 is 2.39 bits per heavy atom. The van der Waals surface area contributed by atoms with Crippen molar-refractivity contribution in [2.24, 2.45) is 5.92 Å². The van der Waals surface area contributed by atoms with E-state index in [1.54, 1.807) is 7.11 Å². The van der Waals surface area contributed by atoms with Gasteiger partial charge in [0.2, 0.25) is 5.91 Å². The quantitative estimate of drug-likeness (QED) is 0.732. The molecule has 2 aromatic carbocycles. The van der Waals surface area contributed by atoms with Gasteiger partial charge in [0.25, 0.3) is 5.91 Å². The maximum atomic E-state index is 13.0. The van der Waals surface area contributed by atoms with Gasteiger partial charge in [-0.2, -0.15) is 0 Å². The third kappa shape index (κ3) is 5.81. The Hall–Kier alpha value is -2.89. The summed E-state index contributed by atoms with van der Waals surface area (Å²) < 4.78 is 18.4. The number of hydrogen-bond donors (Lipinski definition) is 2. The van der Waals surface area contributed by atoms with Gasteiger partial charge < -0.3 is 15.4 Å². The van der Waals surface area contributed by atoms with Gasteiger partial charge in [0, 0.05) is 12.1 Å². The summed E-state index contributed by atoms with van der Waals surface area (Å²) in [6.07, 6.45) is 0.618. The fraction of sp³-hybridized carbons (Fsp3) is 0.364. The van der Waals surface area contributed by atoms with Crippen molar-refractivity contribution in [3.8, 4) is 5.75 Å². The molecule has 1 atom stereocenters. The van der Waals surface area contributed by atoms with Crippen LogP contribution in [0.1, 0.15) is 35.3 Å². The third-order valence-electron chi connectivity index (χ3n) is 4.47. The predicted octanol–water partition coefficient (Wildman–Crippen LogP) is 3.26. The molecule has 0 spiro atoms. The summed E-state index contributed by atoms with van der Waals surface area (Å²) in [4.78, 5) is 25.0. The van der Waals surface area contributed by atoms with Gasteiger partial charge in [0.05, 0.1) is 7.11 Å². The summed E-state index contributed by atoms with van der Waals surface area (Å²) >= 11 is 0. The molecule has 0 saturated carbocycles. The fourth-order valence-electron chi connectivity index (χ4n) is 2.89. The minimum absolute atomic E-state index is 0.0992. The van der Waals surface area contributed by atoms with Crippen molar-refractivity contribution in [1.29, 1.82) is 0 Å². The zero-order valence-corrected chi connectivity index (χ0v) is 16.7. The lowest BCUT2D eigenvalue weighted by atomic mass is 10.0. The number of methoxy groups -OCH3 is 1. The average Bonchev–Trinajstić information content (AvgIpc) is 2.66. The van der Waals surface area contributed by atoms with Crippen molar-refractivity contribution >= 4 is 11.8 Å². The number of carbonyl (C=O) groups is 2. The van der Waals surface area contributed by atoms with Crippen molar-refractivity contribution in [1.82, 2.24) is 10.6 Å². The summed E-state index contributed by atoms with van der Waals surface area (Å²) in [7, 11) is 1.62. The van der Waals surface area contributed by atoms with Crippen LogP contribution in [-0.4, -0.2) is 31.5 Å². The van der Waals surface area contributed by atoms with Crippen molar-refractivity contribution in [3.63, 3.8) is 0 Å². The minimum Gasteiger partial charge on any atom is -0.496 e. The molecule has 0 aliphatic heterocycles. The maximum Gasteiger partial charge on any atom is 0.251 e. The SMILES string of the molecule is COc1ccc(C)cc1CCNC(=O)[C@@H](NC(=O)c1ccc(F)cc1)C(C)C. The van der Waals surface area contributed by atoms with Gasteiger partial charge in [-0.1, -0.05) is 31.5 Å². The molecule has 6 heteroatoms. The molecule has 150 valence electrons. The van der Waals surface area contributed by atoms with E-state index in [1.807, 2.05) is 39.0 Å². The Kier molecular flexibility index (Phi) is 7.55. The van der Waals surface area contributed by atoms with Crippen LogP contribution in [-0.2, 0) is 11.2 Å². The molecule has 0 unspecified atom stereocenters. The number of ether oxygens (including phenoxy) is 1. The van der Waals surface area contributed by atoms with Crippen molar-refractivity contribution in [3.05, 3.63) is 65.0 Å². The van der Waals surface area contributed by atoms with Gasteiger partial charge >= 0.3 is 0 Å². The topological polar surface area (TPSA) is 67.4 Å². The van der Waals surface area contributed by atoms with Gasteiger partial charge in [0.1, 0.15) is 17.6 Å². The number of amides is 2. The molecule has 0 radical (unpaired) electrons. The first-order valence-corrected chi connectivity index (χ1v) is 9.29. The molecule has 2 rings (SSSR count). The molecule has 0 heterocycles. The van der Waals surface area contributed by atoms with E-state index in [4.69, 9.17) is 4.74 Å². The number of carbonyl (C=O) groups excluding carboxylic acids is 2. The van der Waals surface area contributed by atoms with E-state index in [9.17, 15) is 14.0 Å². The lowest BCUT2D eigenvalue weighted by Gasteiger charge is -2.22. The molecule has 28 heavy (non-hydrogen) atoms. The number of halogens is 1. The smallest absolute Gasteiger partial charge is 0.251 e. The van der Waals surface area contributed by atoms with E-state index < -0.39 is 17.8 Å². The maximum absolute atomic E-state index is 13.0. The first-order chi connectivity index (χ1) is 13.3. The lowest BCUT2D eigenvalue weighted by Crippen LogP contribution is -2.50. The second-order valence-corrected chi connectivity index (χ2v) is 7.06. The van der Waals surface area contributed by atoms with E-state index in [0.29, 0.717) is 18.5 Å². The van der Waals surface area contributed by atoms with Crippen LogP contribution in [0.15, 0.2) is 42.5 Å². The molecule has 0 aliphatic rings. The van der Waals surface area contributed by atoms with Crippen LogP contribution in [0.4, 0.5) is 4.39 Å². The first kappa shape index (κ1) is 21.4. The highest BCUT2D eigenvalue weighted by Gasteiger charge is 2.24. The van der Waals surface area contributed by atoms with E-state index in [0.717, 1.165) is 16.9 Å². The largest absolute Gasteiger partial charge is 0.496 e. The van der Waals surface area contributed by atoms with Gasteiger partial charge in [-0.05, 0) is 55.2 Å². The van der Waals surface area contributed by atoms with Crippen LogP contribution in [0.25, 0.3) is 0 Å². The highest BCUT2D eigenvalue weighted by Crippen LogP contribution is 2.19. The molecule has 2 amide bonds. The monoisotopic (exact) mass is 386 g/mol. The first-order valence-electron chi connectivity index (χ1n) is 9.29. The number of benzene rings is 2. The zero-order valence-electron chi connectivity index (χ0n) is 16.7. The Morgan fingerprint density at radius 2 is 1.79 bits per heavy atom. The molecule has 0 aromatic heterocycles. The van der Waals surface area contributed by atoms with Crippen molar-refractivity contribution in [2.45, 2.75) is 33.2 Å². The standard InChI is InChI=1S/C22H27FN2O3/c1-14(2)20(25-21(26)16-6-8-18(23)9-7-16)22(27)24-12-11-17-13-15(3)5-10-19(17)28-4/h5-10,13-14,20H,11-12H2,1-4H3,(H,24,27)(H,25,26)/t20-/m0/s1. The van der Waals surface area contributed by atoms with Crippen molar-refractivity contribution < 1.29 is 18.7 Å². The molecular formula is C22H27FN2O3. The van der Waals surface area contributed by atoms with Crippen LogP contribution >= 0.6 is 0 Å². The number of hydrogen-bond acceptors (Lipinski definition) is 3. The van der Waals surface area contributed by atoms with E-state index in [2.05, 4.69) is 10.6 Å². The molecule has 2 N–H and O–H groups in total. The van der Waals surface area contributed by atoms with Gasteiger partial charge in [0.15, 0.2) is 0 Å². The van der Waals surface area contributed by atoms with Crippen molar-refractivity contribution in [2.75, 3.05) is 13.7 Å². The Morgan fingerprint density at radius 1 is 1.11 bits per heavy atom. The number of nitrogens with one attached hydrogen (secondary N) is 2. The van der Waals surface area contributed by atoms with E-state index >= 15 is 0 Å². The Balaban J connectivity index is 1.96. The van der Waals surface area contributed by atoms with E-state index in [1.165, 1.54) is 24.3 Å². The summed E-state index contributed by atoms with van der Waals surface area (Å²) in [5, 5.41) is 5.61. The third-order valence-corrected chi connectivity index (χ3v) is 4.47. The fourth-order valence-corrected chi connectivity index (χ4v) is 2.89. The van der Waals surface area contributed by atoms with Gasteiger partial charge in [-0.15, -0.1) is 0 Å². The van der Waals surface area contributed by atoms with Crippen LogP contribution in [0.5, 0.6) is 5.75 Å².